The Hall–Kier alpha value is -0.610. The number of nitrogens with zero attached hydrogens (tertiary/aromatic N) is 2. The molecule has 1 aliphatic rings. The molecule has 0 amide bonds. The van der Waals surface area contributed by atoms with Crippen molar-refractivity contribution in [2.24, 2.45) is 11.3 Å². The molecule has 0 spiro atoms. The van der Waals surface area contributed by atoms with Crippen molar-refractivity contribution in [3.8, 4) is 0 Å². The molecular formula is C13H26N2O2. The molecule has 100 valence electrons. The molecule has 0 aliphatic carbocycles. The summed E-state index contributed by atoms with van der Waals surface area (Å²) in [5.41, 5.74) is -0.516. The molecule has 1 saturated heterocycles. The lowest BCUT2D eigenvalue weighted by molar-refractivity contribution is -0.151. The lowest BCUT2D eigenvalue weighted by atomic mass is 9.76. The predicted octanol–water partition coefficient (Wildman–Crippen LogP) is 1.37. The van der Waals surface area contributed by atoms with E-state index in [-0.39, 0.29) is 5.92 Å². The average Bonchev–Trinajstić information content (AvgIpc) is 2.62. The molecule has 0 aromatic heterocycles. The first kappa shape index (κ1) is 14.5. The third-order valence-electron chi connectivity index (χ3n) is 3.99. The first-order valence-electron chi connectivity index (χ1n) is 6.49. The highest BCUT2D eigenvalue weighted by Gasteiger charge is 2.46. The van der Waals surface area contributed by atoms with Crippen LogP contribution in [-0.4, -0.2) is 61.2 Å². The van der Waals surface area contributed by atoms with Crippen molar-refractivity contribution < 1.29 is 9.90 Å². The lowest BCUT2D eigenvalue weighted by Crippen LogP contribution is -2.39. The number of rotatable bonds is 6. The van der Waals surface area contributed by atoms with Gasteiger partial charge in [0.2, 0.25) is 0 Å². The minimum absolute atomic E-state index is 0.207. The summed E-state index contributed by atoms with van der Waals surface area (Å²) in [7, 11) is 4.14. The van der Waals surface area contributed by atoms with E-state index in [1.807, 2.05) is 13.8 Å². The van der Waals surface area contributed by atoms with E-state index in [2.05, 4.69) is 23.9 Å². The van der Waals surface area contributed by atoms with Gasteiger partial charge in [-0.05, 0) is 52.5 Å². The van der Waals surface area contributed by atoms with Gasteiger partial charge in [-0.1, -0.05) is 13.8 Å². The van der Waals surface area contributed by atoms with Crippen molar-refractivity contribution in [3.63, 3.8) is 0 Å². The number of aliphatic carboxylic acids is 1. The van der Waals surface area contributed by atoms with Crippen LogP contribution in [-0.2, 0) is 4.79 Å². The highest BCUT2D eigenvalue weighted by molar-refractivity contribution is 5.75. The van der Waals surface area contributed by atoms with Crippen LogP contribution in [0.25, 0.3) is 0 Å². The van der Waals surface area contributed by atoms with Gasteiger partial charge in [-0.3, -0.25) is 4.79 Å². The smallest absolute Gasteiger partial charge is 0.311 e. The summed E-state index contributed by atoms with van der Waals surface area (Å²) >= 11 is 0. The molecule has 1 heterocycles. The molecule has 4 heteroatoms. The quantitative estimate of drug-likeness (QED) is 0.764. The van der Waals surface area contributed by atoms with Gasteiger partial charge in [-0.15, -0.1) is 0 Å². The number of hydrogen-bond acceptors (Lipinski definition) is 3. The molecule has 1 aliphatic heterocycles. The van der Waals surface area contributed by atoms with Gasteiger partial charge in [-0.2, -0.15) is 0 Å². The van der Waals surface area contributed by atoms with Gasteiger partial charge in [0.05, 0.1) is 5.41 Å². The SMILES string of the molecule is CC(C)C1(C(=O)O)CCN(CCCN(C)C)C1. The Morgan fingerprint density at radius 2 is 2.12 bits per heavy atom. The zero-order valence-electron chi connectivity index (χ0n) is 11.6. The monoisotopic (exact) mass is 242 g/mol. The largest absolute Gasteiger partial charge is 0.481 e. The Bertz CT molecular complexity index is 266. The van der Waals surface area contributed by atoms with E-state index in [1.165, 1.54) is 0 Å². The molecule has 1 atom stereocenters. The molecule has 0 saturated carbocycles. The molecule has 0 bridgehead atoms. The number of carboxylic acid groups (broad SMARTS) is 1. The normalized spacial score (nSPS) is 26.0. The van der Waals surface area contributed by atoms with Crippen LogP contribution in [0, 0.1) is 11.3 Å². The molecule has 17 heavy (non-hydrogen) atoms. The van der Waals surface area contributed by atoms with Crippen LogP contribution in [0.2, 0.25) is 0 Å². The average molecular weight is 242 g/mol. The maximum atomic E-state index is 11.5. The zero-order valence-corrected chi connectivity index (χ0v) is 11.6. The van der Waals surface area contributed by atoms with Gasteiger partial charge >= 0.3 is 5.97 Å². The Morgan fingerprint density at radius 1 is 1.47 bits per heavy atom. The van der Waals surface area contributed by atoms with Crippen LogP contribution in [0.5, 0.6) is 0 Å². The van der Waals surface area contributed by atoms with Crippen molar-refractivity contribution in [1.82, 2.24) is 9.80 Å². The number of carboxylic acids is 1. The summed E-state index contributed by atoms with van der Waals surface area (Å²) < 4.78 is 0. The van der Waals surface area contributed by atoms with E-state index in [0.29, 0.717) is 6.54 Å². The molecule has 0 radical (unpaired) electrons. The van der Waals surface area contributed by atoms with Crippen LogP contribution in [0.3, 0.4) is 0 Å². The highest BCUT2D eigenvalue weighted by Crippen LogP contribution is 2.38. The first-order chi connectivity index (χ1) is 7.88. The molecule has 1 unspecified atom stereocenters. The second-order valence-corrected chi connectivity index (χ2v) is 5.80. The van der Waals surface area contributed by atoms with Crippen molar-refractivity contribution in [3.05, 3.63) is 0 Å². The van der Waals surface area contributed by atoms with E-state index < -0.39 is 11.4 Å². The minimum atomic E-state index is -0.623. The summed E-state index contributed by atoms with van der Waals surface area (Å²) in [6.07, 6.45) is 1.91. The van der Waals surface area contributed by atoms with Crippen molar-refractivity contribution in [2.45, 2.75) is 26.7 Å². The van der Waals surface area contributed by atoms with Crippen molar-refractivity contribution in [1.29, 1.82) is 0 Å². The fourth-order valence-corrected chi connectivity index (χ4v) is 2.61. The second-order valence-electron chi connectivity index (χ2n) is 5.80. The van der Waals surface area contributed by atoms with E-state index in [4.69, 9.17) is 0 Å². The van der Waals surface area contributed by atoms with E-state index >= 15 is 0 Å². The van der Waals surface area contributed by atoms with Crippen LogP contribution >= 0.6 is 0 Å². The zero-order chi connectivity index (χ0) is 13.1. The molecule has 1 rings (SSSR count). The molecule has 1 N–H and O–H groups in total. The topological polar surface area (TPSA) is 43.8 Å². The number of carbonyl (C=O) groups is 1. The Labute approximate surface area is 105 Å². The molecular weight excluding hydrogens is 216 g/mol. The maximum Gasteiger partial charge on any atom is 0.311 e. The minimum Gasteiger partial charge on any atom is -0.481 e. The first-order valence-corrected chi connectivity index (χ1v) is 6.49. The Morgan fingerprint density at radius 3 is 2.53 bits per heavy atom. The van der Waals surface area contributed by atoms with Crippen LogP contribution in [0.4, 0.5) is 0 Å². The van der Waals surface area contributed by atoms with Crippen molar-refractivity contribution in [2.75, 3.05) is 40.3 Å². The Kier molecular flexibility index (Phi) is 4.95. The van der Waals surface area contributed by atoms with Gasteiger partial charge in [0.15, 0.2) is 0 Å². The van der Waals surface area contributed by atoms with Gasteiger partial charge in [0, 0.05) is 6.54 Å². The summed E-state index contributed by atoms with van der Waals surface area (Å²) in [6.45, 7) is 7.78. The molecule has 0 aromatic rings. The maximum absolute atomic E-state index is 11.5. The lowest BCUT2D eigenvalue weighted by Gasteiger charge is -2.29. The molecule has 1 fully saturated rings. The summed E-state index contributed by atoms with van der Waals surface area (Å²) in [5.74, 6) is -0.415. The van der Waals surface area contributed by atoms with Gasteiger partial charge in [0.1, 0.15) is 0 Å². The van der Waals surface area contributed by atoms with Crippen LogP contribution in [0.15, 0.2) is 0 Å². The fourth-order valence-electron chi connectivity index (χ4n) is 2.61. The Balaban J connectivity index is 2.47. The second kappa shape index (κ2) is 5.83. The van der Waals surface area contributed by atoms with Gasteiger partial charge < -0.3 is 14.9 Å². The van der Waals surface area contributed by atoms with E-state index in [9.17, 15) is 9.90 Å². The standard InChI is InChI=1S/C13H26N2O2/c1-11(2)13(12(16)17)6-9-15(10-13)8-5-7-14(3)4/h11H,5-10H2,1-4H3,(H,16,17). The summed E-state index contributed by atoms with van der Waals surface area (Å²) in [5, 5.41) is 9.43. The van der Waals surface area contributed by atoms with Gasteiger partial charge in [0.25, 0.3) is 0 Å². The predicted molar refractivity (Wildman–Crippen MR) is 69.1 cm³/mol. The van der Waals surface area contributed by atoms with Crippen LogP contribution in [0.1, 0.15) is 26.7 Å². The van der Waals surface area contributed by atoms with Crippen LogP contribution < -0.4 is 0 Å². The third kappa shape index (κ3) is 3.42. The fraction of sp³-hybridized carbons (Fsp3) is 0.923. The highest BCUT2D eigenvalue weighted by atomic mass is 16.4. The summed E-state index contributed by atoms with van der Waals surface area (Å²) in [4.78, 5) is 15.9. The van der Waals surface area contributed by atoms with Gasteiger partial charge in [-0.25, -0.2) is 0 Å². The molecule has 0 aromatic carbocycles. The number of likely N-dealkylation sites (tertiary alicyclic amines) is 1. The summed E-state index contributed by atoms with van der Waals surface area (Å²) in [6, 6.07) is 0. The molecule has 4 nitrogen and oxygen atoms in total. The van der Waals surface area contributed by atoms with E-state index in [0.717, 1.165) is 32.5 Å². The number of hydrogen-bond donors (Lipinski definition) is 1. The van der Waals surface area contributed by atoms with Crippen molar-refractivity contribution >= 4 is 5.97 Å². The van der Waals surface area contributed by atoms with E-state index in [1.54, 1.807) is 0 Å². The third-order valence-corrected chi connectivity index (χ3v) is 3.99.